The smallest absolute Gasteiger partial charge is 0.472 e. The molecule has 9 heteroatoms. The van der Waals surface area contributed by atoms with Crippen LogP contribution in [0.3, 0.4) is 0 Å². The fraction of sp³-hybridized carbons (Fsp3) is 0.360. The Morgan fingerprint density at radius 2 is 1.91 bits per heavy atom. The number of methoxy groups -OCH3 is 1. The largest absolute Gasteiger partial charge is 0.497 e. The van der Waals surface area contributed by atoms with Crippen LogP contribution in [0.15, 0.2) is 59.1 Å². The highest BCUT2D eigenvalue weighted by atomic mass is 31.2. The maximum Gasteiger partial charge on any atom is 0.472 e. The summed E-state index contributed by atoms with van der Waals surface area (Å²) in [7, 11) is -2.48. The zero-order valence-corrected chi connectivity index (χ0v) is 21.0. The summed E-state index contributed by atoms with van der Waals surface area (Å²) in [4.78, 5) is 26.3. The summed E-state index contributed by atoms with van der Waals surface area (Å²) in [5, 5.41) is 2.82. The zero-order valence-electron chi connectivity index (χ0n) is 20.1. The van der Waals surface area contributed by atoms with Crippen molar-refractivity contribution in [3.8, 4) is 5.75 Å². The van der Waals surface area contributed by atoms with E-state index in [0.717, 1.165) is 22.3 Å². The molecule has 0 aliphatic heterocycles. The number of hydrogen-bond donors (Lipinski definition) is 2. The summed E-state index contributed by atoms with van der Waals surface area (Å²) in [6, 6.07) is 15.3. The molecule has 0 spiro atoms. The first-order valence-electron chi connectivity index (χ1n) is 11.0. The van der Waals surface area contributed by atoms with E-state index in [2.05, 4.69) is 17.0 Å². The summed E-state index contributed by atoms with van der Waals surface area (Å²) in [5.74, 6) is 0.503. The van der Waals surface area contributed by atoms with Gasteiger partial charge in [-0.05, 0) is 63.2 Å². The lowest BCUT2D eigenvalue weighted by molar-refractivity contribution is -0.120. The van der Waals surface area contributed by atoms with Crippen molar-refractivity contribution in [3.63, 3.8) is 0 Å². The summed E-state index contributed by atoms with van der Waals surface area (Å²) in [6.07, 6.45) is 0.103. The molecule has 1 amide bonds. The molecule has 0 bridgehead atoms. The van der Waals surface area contributed by atoms with Crippen LogP contribution in [0, 0.1) is 0 Å². The van der Waals surface area contributed by atoms with E-state index in [1.807, 2.05) is 55.5 Å². The highest BCUT2D eigenvalue weighted by Gasteiger charge is 2.22. The van der Waals surface area contributed by atoms with Crippen molar-refractivity contribution in [1.82, 2.24) is 5.32 Å². The van der Waals surface area contributed by atoms with E-state index in [9.17, 15) is 14.3 Å². The topological polar surface area (TPSA) is 106 Å². The number of rotatable bonds is 13. The fourth-order valence-corrected chi connectivity index (χ4v) is 4.34. The van der Waals surface area contributed by atoms with Gasteiger partial charge < -0.3 is 14.9 Å². The van der Waals surface area contributed by atoms with Crippen molar-refractivity contribution in [2.75, 3.05) is 20.3 Å². The minimum absolute atomic E-state index is 0.0109. The molecule has 0 aliphatic rings. The van der Waals surface area contributed by atoms with E-state index in [0.29, 0.717) is 24.4 Å². The van der Waals surface area contributed by atoms with Crippen LogP contribution in [0.2, 0.25) is 0 Å². The minimum atomic E-state index is -4.08. The van der Waals surface area contributed by atoms with Crippen LogP contribution in [-0.4, -0.2) is 43.9 Å². The van der Waals surface area contributed by atoms with Gasteiger partial charge >= 0.3 is 7.82 Å². The van der Waals surface area contributed by atoms with Crippen LogP contribution in [-0.2, 0) is 18.4 Å². The summed E-state index contributed by atoms with van der Waals surface area (Å²) in [5.41, 5.74) is 4.19. The van der Waals surface area contributed by atoms with Crippen molar-refractivity contribution in [2.24, 2.45) is 4.99 Å². The zero-order chi connectivity index (χ0) is 25.1. The highest BCUT2D eigenvalue weighted by molar-refractivity contribution is 7.47. The van der Waals surface area contributed by atoms with Gasteiger partial charge in [0, 0.05) is 18.5 Å². The molecule has 0 fully saturated rings. The second-order valence-electron chi connectivity index (χ2n) is 7.90. The molecule has 0 aliphatic carbocycles. The predicted molar refractivity (Wildman–Crippen MR) is 135 cm³/mol. The molecule has 0 radical (unpaired) electrons. The molecule has 1 unspecified atom stereocenters. The first-order valence-corrected chi connectivity index (χ1v) is 12.5. The maximum absolute atomic E-state index is 12.6. The normalized spacial score (nSPS) is 13.7. The SMILES string of the molecule is C=Nc1ccc(OC)cc1/C(=C(\C)CC(=O)NCCCOP(=O)(O)OC(C)C)c1ccccc1. The molecule has 0 heterocycles. The van der Waals surface area contributed by atoms with E-state index >= 15 is 0 Å². The fourth-order valence-electron chi connectivity index (χ4n) is 3.39. The molecular weight excluding hydrogens is 455 g/mol. The molecule has 184 valence electrons. The molecule has 1 atom stereocenters. The van der Waals surface area contributed by atoms with Gasteiger partial charge in [0.15, 0.2) is 0 Å². The average Bonchev–Trinajstić information content (AvgIpc) is 2.78. The number of phosphoric ester groups is 1. The standard InChI is InChI=1S/C25H33N2O6P/c1-18(2)33-34(29,30)32-15-9-14-27-24(28)16-19(3)25(20-10-7-6-8-11-20)22-17-21(31-5)12-13-23(22)26-4/h6-8,10-13,17-18H,4,9,14-16H2,1-3,5H3,(H,27,28)(H,29,30)/b25-19+. The third-order valence-corrected chi connectivity index (χ3v) is 6.00. The summed E-state index contributed by atoms with van der Waals surface area (Å²) in [6.45, 7) is 9.17. The van der Waals surface area contributed by atoms with Gasteiger partial charge in [-0.15, -0.1) is 0 Å². The van der Waals surface area contributed by atoms with Crippen molar-refractivity contribution < 1.29 is 28.0 Å². The Hall–Kier alpha value is -2.77. The maximum atomic E-state index is 12.6. The van der Waals surface area contributed by atoms with Crippen molar-refractivity contribution in [3.05, 3.63) is 65.2 Å². The first kappa shape index (κ1) is 27.5. The predicted octanol–water partition coefficient (Wildman–Crippen LogP) is 5.29. The molecule has 2 aromatic carbocycles. The van der Waals surface area contributed by atoms with Gasteiger partial charge in [0.05, 0.1) is 25.5 Å². The van der Waals surface area contributed by atoms with Crippen molar-refractivity contribution in [2.45, 2.75) is 39.7 Å². The Balaban J connectivity index is 2.13. The minimum Gasteiger partial charge on any atom is -0.497 e. The number of aliphatic imine (C=N–C) groups is 1. The monoisotopic (exact) mass is 488 g/mol. The van der Waals surface area contributed by atoms with Crippen LogP contribution in [0.5, 0.6) is 5.75 Å². The van der Waals surface area contributed by atoms with Gasteiger partial charge in [-0.1, -0.05) is 35.9 Å². The van der Waals surface area contributed by atoms with E-state index in [1.165, 1.54) is 0 Å². The number of carbonyl (C=O) groups excluding carboxylic acids is 1. The lowest BCUT2D eigenvalue weighted by Gasteiger charge is -2.17. The van der Waals surface area contributed by atoms with Gasteiger partial charge in [0.2, 0.25) is 5.91 Å². The number of hydrogen-bond acceptors (Lipinski definition) is 6. The Kier molecular flexibility index (Phi) is 10.7. The number of benzene rings is 2. The lowest BCUT2D eigenvalue weighted by atomic mass is 9.91. The van der Waals surface area contributed by atoms with E-state index in [4.69, 9.17) is 13.8 Å². The number of nitrogens with one attached hydrogen (secondary N) is 1. The Labute approximate surface area is 201 Å². The molecular formula is C25H33N2O6P. The van der Waals surface area contributed by atoms with Gasteiger partial charge in [0.1, 0.15) is 5.75 Å². The third-order valence-electron chi connectivity index (χ3n) is 4.80. The number of ether oxygens (including phenoxy) is 1. The Morgan fingerprint density at radius 3 is 2.53 bits per heavy atom. The van der Waals surface area contributed by atoms with Crippen LogP contribution >= 0.6 is 7.82 Å². The molecule has 2 N–H and O–H groups in total. The molecule has 2 aromatic rings. The molecule has 0 saturated carbocycles. The van der Waals surface area contributed by atoms with Gasteiger partial charge in [-0.3, -0.25) is 18.8 Å². The van der Waals surface area contributed by atoms with Crippen LogP contribution in [0.4, 0.5) is 5.69 Å². The number of nitrogens with zero attached hydrogens (tertiary/aromatic N) is 1. The van der Waals surface area contributed by atoms with Gasteiger partial charge in [0.25, 0.3) is 0 Å². The Bertz CT molecular complexity index is 1050. The average molecular weight is 489 g/mol. The second-order valence-corrected chi connectivity index (χ2v) is 9.30. The first-order chi connectivity index (χ1) is 16.2. The molecule has 2 rings (SSSR count). The molecule has 34 heavy (non-hydrogen) atoms. The lowest BCUT2D eigenvalue weighted by Crippen LogP contribution is -2.25. The van der Waals surface area contributed by atoms with Gasteiger partial charge in [-0.25, -0.2) is 4.57 Å². The third kappa shape index (κ3) is 8.54. The van der Waals surface area contributed by atoms with Crippen molar-refractivity contribution >= 4 is 31.7 Å². The van der Waals surface area contributed by atoms with Crippen LogP contribution < -0.4 is 10.1 Å². The number of amides is 1. The summed E-state index contributed by atoms with van der Waals surface area (Å²) < 4.78 is 26.8. The number of phosphoric acid groups is 1. The van der Waals surface area contributed by atoms with E-state index < -0.39 is 13.9 Å². The molecule has 8 nitrogen and oxygen atoms in total. The second kappa shape index (κ2) is 13.2. The van der Waals surface area contributed by atoms with Gasteiger partial charge in [-0.2, -0.15) is 0 Å². The van der Waals surface area contributed by atoms with E-state index in [1.54, 1.807) is 21.0 Å². The number of carbonyl (C=O) groups is 1. The summed E-state index contributed by atoms with van der Waals surface area (Å²) >= 11 is 0. The van der Waals surface area contributed by atoms with Crippen LogP contribution in [0.25, 0.3) is 5.57 Å². The Morgan fingerprint density at radius 1 is 1.21 bits per heavy atom. The quantitative estimate of drug-likeness (QED) is 0.226. The van der Waals surface area contributed by atoms with E-state index in [-0.39, 0.29) is 18.9 Å². The highest BCUT2D eigenvalue weighted by Crippen LogP contribution is 2.44. The van der Waals surface area contributed by atoms with Crippen molar-refractivity contribution in [1.29, 1.82) is 0 Å². The molecule has 0 saturated heterocycles. The van der Waals surface area contributed by atoms with Crippen LogP contribution in [0.1, 0.15) is 44.7 Å². The molecule has 0 aromatic heterocycles.